The molecule has 5 nitrogen and oxygen atoms in total. The number of aromatic hydroxyl groups is 2. The van der Waals surface area contributed by atoms with E-state index in [0.717, 1.165) is 19.3 Å². The minimum absolute atomic E-state index is 0.132. The predicted molar refractivity (Wildman–Crippen MR) is 67.7 cm³/mol. The van der Waals surface area contributed by atoms with E-state index in [9.17, 15) is 15.0 Å². The summed E-state index contributed by atoms with van der Waals surface area (Å²) < 4.78 is 0. The third kappa shape index (κ3) is 4.25. The lowest BCUT2D eigenvalue weighted by Gasteiger charge is -2.17. The first-order chi connectivity index (χ1) is 8.54. The molecule has 1 aromatic rings. The zero-order chi connectivity index (χ0) is 13.5. The van der Waals surface area contributed by atoms with E-state index in [2.05, 4.69) is 0 Å². The van der Waals surface area contributed by atoms with Gasteiger partial charge in [-0.3, -0.25) is 4.79 Å². The molecule has 0 atom stereocenters. The van der Waals surface area contributed by atoms with Crippen molar-refractivity contribution in [3.05, 3.63) is 23.8 Å². The Morgan fingerprint density at radius 3 is 2.28 bits per heavy atom. The van der Waals surface area contributed by atoms with E-state index in [4.69, 9.17) is 5.11 Å². The van der Waals surface area contributed by atoms with Crippen LogP contribution in [-0.2, 0) is 0 Å². The third-order valence-corrected chi connectivity index (χ3v) is 2.65. The maximum Gasteiger partial charge on any atom is 0.253 e. The molecular weight excluding hydrogens is 234 g/mol. The summed E-state index contributed by atoms with van der Waals surface area (Å²) in [6, 6.07) is 3.83. The van der Waals surface area contributed by atoms with Crippen LogP contribution in [0, 0.1) is 0 Å². The molecule has 1 aromatic carbocycles. The number of hydrogen-bond acceptors (Lipinski definition) is 4. The van der Waals surface area contributed by atoms with Crippen molar-refractivity contribution in [2.45, 2.75) is 19.3 Å². The maximum absolute atomic E-state index is 12.0. The number of carbonyl (C=O) groups is 1. The molecule has 18 heavy (non-hydrogen) atoms. The molecule has 0 unspecified atom stereocenters. The molecule has 5 heteroatoms. The van der Waals surface area contributed by atoms with E-state index in [0.29, 0.717) is 6.54 Å². The average Bonchev–Trinajstić information content (AvgIpc) is 2.32. The first-order valence-electron chi connectivity index (χ1n) is 5.94. The SMILES string of the molecule is CN(CCCCCO)C(=O)c1cc(O)cc(O)c1. The summed E-state index contributed by atoms with van der Waals surface area (Å²) in [5.74, 6) is -0.510. The van der Waals surface area contributed by atoms with Crippen LogP contribution in [0.15, 0.2) is 18.2 Å². The van der Waals surface area contributed by atoms with E-state index < -0.39 is 0 Å². The topological polar surface area (TPSA) is 81.0 Å². The molecule has 0 bridgehead atoms. The second-order valence-electron chi connectivity index (χ2n) is 4.25. The largest absolute Gasteiger partial charge is 0.508 e. The van der Waals surface area contributed by atoms with Crippen molar-refractivity contribution in [3.63, 3.8) is 0 Å². The van der Waals surface area contributed by atoms with Gasteiger partial charge in [0.05, 0.1) is 0 Å². The zero-order valence-corrected chi connectivity index (χ0v) is 10.5. The van der Waals surface area contributed by atoms with Gasteiger partial charge in [-0.05, 0) is 31.4 Å². The first-order valence-corrected chi connectivity index (χ1v) is 5.94. The molecular formula is C13H19NO4. The molecule has 0 aliphatic carbocycles. The molecule has 3 N–H and O–H groups in total. The summed E-state index contributed by atoms with van der Waals surface area (Å²) in [4.78, 5) is 13.5. The smallest absolute Gasteiger partial charge is 0.253 e. The number of rotatable bonds is 6. The standard InChI is InChI=1S/C13H19NO4/c1-14(5-3-2-4-6-15)13(18)10-7-11(16)9-12(17)8-10/h7-9,15-17H,2-6H2,1H3. The van der Waals surface area contributed by atoms with Crippen LogP contribution in [0.5, 0.6) is 11.5 Å². The highest BCUT2D eigenvalue weighted by Gasteiger charge is 2.13. The number of hydrogen-bond donors (Lipinski definition) is 3. The van der Waals surface area contributed by atoms with Crippen LogP contribution in [0.1, 0.15) is 29.6 Å². The van der Waals surface area contributed by atoms with Gasteiger partial charge in [0.25, 0.3) is 5.91 Å². The Labute approximate surface area is 106 Å². The Bertz CT molecular complexity index is 386. The molecule has 1 rings (SSSR count). The summed E-state index contributed by atoms with van der Waals surface area (Å²) in [5.41, 5.74) is 0.261. The molecule has 0 spiro atoms. The summed E-state index contributed by atoms with van der Waals surface area (Å²) in [7, 11) is 1.67. The number of phenols is 2. The Balaban J connectivity index is 2.57. The van der Waals surface area contributed by atoms with Crippen LogP contribution in [0.4, 0.5) is 0 Å². The Morgan fingerprint density at radius 2 is 1.72 bits per heavy atom. The number of benzene rings is 1. The molecule has 0 aliphatic heterocycles. The Morgan fingerprint density at radius 1 is 1.11 bits per heavy atom. The lowest BCUT2D eigenvalue weighted by Crippen LogP contribution is -2.27. The minimum Gasteiger partial charge on any atom is -0.508 e. The molecule has 0 saturated heterocycles. The van der Waals surface area contributed by atoms with Crippen LogP contribution in [0.25, 0.3) is 0 Å². The zero-order valence-electron chi connectivity index (χ0n) is 10.5. The van der Waals surface area contributed by atoms with Gasteiger partial charge in [0.1, 0.15) is 11.5 Å². The molecule has 0 heterocycles. The lowest BCUT2D eigenvalue weighted by atomic mass is 10.1. The lowest BCUT2D eigenvalue weighted by molar-refractivity contribution is 0.0791. The fourth-order valence-electron chi connectivity index (χ4n) is 1.68. The van der Waals surface area contributed by atoms with Crippen LogP contribution in [-0.4, -0.2) is 46.3 Å². The van der Waals surface area contributed by atoms with Crippen molar-refractivity contribution < 1.29 is 20.1 Å². The van der Waals surface area contributed by atoms with Gasteiger partial charge in [0, 0.05) is 31.8 Å². The van der Waals surface area contributed by atoms with Crippen LogP contribution >= 0.6 is 0 Å². The van der Waals surface area contributed by atoms with Crippen molar-refractivity contribution in [1.82, 2.24) is 4.90 Å². The number of carbonyl (C=O) groups excluding carboxylic acids is 1. The summed E-state index contributed by atoms with van der Waals surface area (Å²) in [5, 5.41) is 27.3. The van der Waals surface area contributed by atoms with Gasteiger partial charge in [-0.15, -0.1) is 0 Å². The van der Waals surface area contributed by atoms with Crippen LogP contribution < -0.4 is 0 Å². The second-order valence-corrected chi connectivity index (χ2v) is 4.25. The quantitative estimate of drug-likeness (QED) is 0.668. The van der Waals surface area contributed by atoms with Crippen LogP contribution in [0.2, 0.25) is 0 Å². The van der Waals surface area contributed by atoms with Crippen molar-refractivity contribution in [2.75, 3.05) is 20.2 Å². The summed E-state index contributed by atoms with van der Waals surface area (Å²) in [6.45, 7) is 0.743. The minimum atomic E-state index is -0.245. The van der Waals surface area contributed by atoms with E-state index in [1.54, 1.807) is 7.05 Å². The number of nitrogens with zero attached hydrogens (tertiary/aromatic N) is 1. The van der Waals surface area contributed by atoms with E-state index in [1.165, 1.54) is 23.1 Å². The van der Waals surface area contributed by atoms with E-state index in [1.807, 2.05) is 0 Å². The highest BCUT2D eigenvalue weighted by molar-refractivity contribution is 5.94. The molecule has 0 radical (unpaired) electrons. The van der Waals surface area contributed by atoms with Gasteiger partial charge in [-0.25, -0.2) is 0 Å². The van der Waals surface area contributed by atoms with E-state index >= 15 is 0 Å². The molecule has 100 valence electrons. The summed E-state index contributed by atoms with van der Waals surface area (Å²) >= 11 is 0. The van der Waals surface area contributed by atoms with Crippen LogP contribution in [0.3, 0.4) is 0 Å². The normalized spacial score (nSPS) is 10.3. The van der Waals surface area contributed by atoms with E-state index in [-0.39, 0.29) is 29.6 Å². The highest BCUT2D eigenvalue weighted by atomic mass is 16.3. The van der Waals surface area contributed by atoms with Gasteiger partial charge in [-0.1, -0.05) is 0 Å². The number of phenolic OH excluding ortho intramolecular Hbond substituents is 2. The van der Waals surface area contributed by atoms with Gasteiger partial charge in [0.15, 0.2) is 0 Å². The van der Waals surface area contributed by atoms with Gasteiger partial charge in [0.2, 0.25) is 0 Å². The van der Waals surface area contributed by atoms with Gasteiger partial charge in [-0.2, -0.15) is 0 Å². The fraction of sp³-hybridized carbons (Fsp3) is 0.462. The van der Waals surface area contributed by atoms with Crippen molar-refractivity contribution in [2.24, 2.45) is 0 Å². The van der Waals surface area contributed by atoms with Crippen molar-refractivity contribution in [3.8, 4) is 11.5 Å². The van der Waals surface area contributed by atoms with Gasteiger partial charge < -0.3 is 20.2 Å². The first kappa shape index (κ1) is 14.3. The maximum atomic E-state index is 12.0. The second kappa shape index (κ2) is 6.86. The molecule has 1 amide bonds. The number of aliphatic hydroxyl groups excluding tert-OH is 1. The average molecular weight is 253 g/mol. The van der Waals surface area contributed by atoms with Gasteiger partial charge >= 0.3 is 0 Å². The molecule has 0 aliphatic rings. The fourth-order valence-corrected chi connectivity index (χ4v) is 1.68. The Kier molecular flexibility index (Phi) is 5.45. The Hall–Kier alpha value is -1.75. The number of aliphatic hydroxyl groups is 1. The number of unbranched alkanes of at least 4 members (excludes halogenated alkanes) is 2. The molecule has 0 saturated carbocycles. The highest BCUT2D eigenvalue weighted by Crippen LogP contribution is 2.21. The monoisotopic (exact) mass is 253 g/mol. The van der Waals surface area contributed by atoms with Crippen molar-refractivity contribution in [1.29, 1.82) is 0 Å². The third-order valence-electron chi connectivity index (χ3n) is 2.65. The molecule has 0 fully saturated rings. The number of amides is 1. The summed E-state index contributed by atoms with van der Waals surface area (Å²) in [6.07, 6.45) is 2.40. The predicted octanol–water partition coefficient (Wildman–Crippen LogP) is 1.33. The molecule has 0 aromatic heterocycles. The van der Waals surface area contributed by atoms with Crippen molar-refractivity contribution >= 4 is 5.91 Å².